The third-order valence-corrected chi connectivity index (χ3v) is 11.3. The molecule has 3 heterocycles. The van der Waals surface area contributed by atoms with Crippen LogP contribution in [0.25, 0.3) is 0 Å². The summed E-state index contributed by atoms with van der Waals surface area (Å²) < 4.78 is 4.88. The molecule has 6 atom stereocenters. The van der Waals surface area contributed by atoms with Gasteiger partial charge in [-0.25, -0.2) is 0 Å². The monoisotopic (exact) mass is 611 g/mol. The van der Waals surface area contributed by atoms with Crippen molar-refractivity contribution in [1.82, 2.24) is 9.80 Å². The Labute approximate surface area is 261 Å². The van der Waals surface area contributed by atoms with E-state index in [9.17, 15) is 19.5 Å². The lowest BCUT2D eigenvalue weighted by Crippen LogP contribution is -2.58. The molecule has 0 aromatic heterocycles. The van der Waals surface area contributed by atoms with Gasteiger partial charge in [0.25, 0.3) is 0 Å². The molecule has 1 aromatic rings. The normalized spacial score (nSPS) is 26.4. The number of fused-ring (bicyclic) bond motifs is 1. The summed E-state index contributed by atoms with van der Waals surface area (Å²) in [6.45, 7) is 17.4. The van der Waals surface area contributed by atoms with Crippen LogP contribution in [0.15, 0.2) is 49.6 Å². The van der Waals surface area contributed by atoms with Crippen molar-refractivity contribution in [3.63, 3.8) is 0 Å². The number of nitrogens with zero attached hydrogens (tertiary/aromatic N) is 3. The fourth-order valence-electron chi connectivity index (χ4n) is 7.32. The molecular weight excluding hydrogens is 562 g/mol. The lowest BCUT2D eigenvalue weighted by Gasteiger charge is -2.40. The van der Waals surface area contributed by atoms with E-state index in [0.717, 1.165) is 31.4 Å². The molecular formula is C34H49N3O5S. The second kappa shape index (κ2) is 14.3. The minimum Gasteiger partial charge on any atom is -0.494 e. The average Bonchev–Trinajstić information content (AvgIpc) is 3.63. The number of hydrogen-bond donors (Lipinski definition) is 1. The zero-order valence-corrected chi connectivity index (χ0v) is 27.1. The maximum atomic E-state index is 14.6. The Kier molecular flexibility index (Phi) is 11.0. The van der Waals surface area contributed by atoms with Crippen molar-refractivity contribution in [2.24, 2.45) is 17.8 Å². The number of rotatable bonds is 16. The first-order valence-corrected chi connectivity index (χ1v) is 16.7. The first-order valence-electron chi connectivity index (χ1n) is 15.9. The summed E-state index contributed by atoms with van der Waals surface area (Å²) in [4.78, 5) is 48.8. The fourth-order valence-corrected chi connectivity index (χ4v) is 9.52. The van der Waals surface area contributed by atoms with E-state index in [4.69, 9.17) is 4.74 Å². The zero-order valence-electron chi connectivity index (χ0n) is 26.2. The largest absolute Gasteiger partial charge is 0.494 e. The number of thioether (sulfide) groups is 1. The quantitative estimate of drug-likeness (QED) is 0.211. The molecule has 9 heteroatoms. The van der Waals surface area contributed by atoms with Gasteiger partial charge in [0.1, 0.15) is 11.8 Å². The van der Waals surface area contributed by atoms with Crippen LogP contribution in [0.3, 0.4) is 0 Å². The molecule has 3 saturated heterocycles. The summed E-state index contributed by atoms with van der Waals surface area (Å²) in [5, 5.41) is 10.5. The number of carbonyl (C=O) groups excluding carboxylic acids is 3. The number of likely N-dealkylation sites (tertiary alicyclic amines) is 1. The Balaban J connectivity index is 1.75. The maximum absolute atomic E-state index is 14.6. The van der Waals surface area contributed by atoms with E-state index in [2.05, 4.69) is 20.1 Å². The highest BCUT2D eigenvalue weighted by molar-refractivity contribution is 8.02. The van der Waals surface area contributed by atoms with Crippen LogP contribution in [0.4, 0.5) is 5.69 Å². The Morgan fingerprint density at radius 2 is 1.84 bits per heavy atom. The standard InChI is InChI=1S/C34H49N3O5S/c1-7-11-12-21-35(19-8-2)33(41)30-34-18-17-27(43-34)28(29(34)32(40)37(30)26(22-38)23(5)6)31(39)36(20-9-3)24-13-15-25(16-14-24)42-10-4/h8-9,13-16,23,26-30,38H,2-3,7,10-12,17-22H2,1,4-6H3/t26-,27+,28-,29-,30?,34?/m0/s1. The van der Waals surface area contributed by atoms with Gasteiger partial charge in [-0.05, 0) is 56.4 Å². The summed E-state index contributed by atoms with van der Waals surface area (Å²) in [6.07, 6.45) is 7.79. The fraction of sp³-hybridized carbons (Fsp3) is 0.618. The van der Waals surface area contributed by atoms with Crippen molar-refractivity contribution in [3.8, 4) is 5.75 Å². The van der Waals surface area contributed by atoms with Gasteiger partial charge in [-0.1, -0.05) is 45.8 Å². The number of aliphatic hydroxyl groups is 1. The average molecular weight is 612 g/mol. The van der Waals surface area contributed by atoms with Crippen LogP contribution < -0.4 is 9.64 Å². The predicted octanol–water partition coefficient (Wildman–Crippen LogP) is 4.92. The molecule has 4 rings (SSSR count). The Hall–Kier alpha value is -2.78. The van der Waals surface area contributed by atoms with Crippen molar-refractivity contribution >= 4 is 35.2 Å². The van der Waals surface area contributed by atoms with Crippen LogP contribution in [0.1, 0.15) is 59.8 Å². The maximum Gasteiger partial charge on any atom is 0.247 e. The van der Waals surface area contributed by atoms with E-state index in [1.54, 1.807) is 33.7 Å². The first-order chi connectivity index (χ1) is 20.7. The molecule has 1 N–H and O–H groups in total. The zero-order chi connectivity index (χ0) is 31.3. The van der Waals surface area contributed by atoms with E-state index in [-0.39, 0.29) is 35.5 Å². The lowest BCUT2D eigenvalue weighted by molar-refractivity contribution is -0.146. The molecule has 0 radical (unpaired) electrons. The summed E-state index contributed by atoms with van der Waals surface area (Å²) in [7, 11) is 0. The molecule has 8 nitrogen and oxygen atoms in total. The Morgan fingerprint density at radius 1 is 1.14 bits per heavy atom. The topological polar surface area (TPSA) is 90.4 Å². The van der Waals surface area contributed by atoms with Crippen molar-refractivity contribution in [2.75, 3.05) is 37.7 Å². The Bertz CT molecular complexity index is 1170. The lowest BCUT2D eigenvalue weighted by atomic mass is 9.70. The molecule has 3 aliphatic rings. The van der Waals surface area contributed by atoms with Gasteiger partial charge in [0, 0.05) is 30.6 Å². The number of benzene rings is 1. The van der Waals surface area contributed by atoms with Crippen LogP contribution in [0.2, 0.25) is 0 Å². The highest BCUT2D eigenvalue weighted by atomic mass is 32.2. The first kappa shape index (κ1) is 33.1. The summed E-state index contributed by atoms with van der Waals surface area (Å²) >= 11 is 1.66. The summed E-state index contributed by atoms with van der Waals surface area (Å²) in [5.74, 6) is -0.950. The Morgan fingerprint density at radius 3 is 2.42 bits per heavy atom. The van der Waals surface area contributed by atoms with E-state index in [0.29, 0.717) is 38.3 Å². The van der Waals surface area contributed by atoms with E-state index in [1.807, 2.05) is 49.9 Å². The number of ether oxygens (including phenoxy) is 1. The number of aliphatic hydroxyl groups excluding tert-OH is 1. The predicted molar refractivity (Wildman–Crippen MR) is 173 cm³/mol. The SMILES string of the molecule is C=CCN(CCCCC)C(=O)C1N([C@@H](CO)C(C)C)C(=O)[C@@H]2[C@@H](C(=O)N(CC=C)c3ccc(OCC)cc3)[C@H]3CCC12S3. The van der Waals surface area contributed by atoms with E-state index >= 15 is 0 Å². The van der Waals surface area contributed by atoms with Gasteiger partial charge in [0.05, 0.1) is 35.8 Å². The van der Waals surface area contributed by atoms with Gasteiger partial charge < -0.3 is 24.5 Å². The van der Waals surface area contributed by atoms with Crippen LogP contribution in [-0.4, -0.2) is 87.6 Å². The molecule has 3 aliphatic heterocycles. The third-order valence-electron chi connectivity index (χ3n) is 9.30. The molecule has 2 bridgehead atoms. The van der Waals surface area contributed by atoms with E-state index < -0.39 is 28.7 Å². The second-order valence-corrected chi connectivity index (χ2v) is 13.8. The minimum absolute atomic E-state index is 0.0616. The van der Waals surface area contributed by atoms with Gasteiger partial charge in [0.2, 0.25) is 17.7 Å². The van der Waals surface area contributed by atoms with Gasteiger partial charge in [-0.2, -0.15) is 0 Å². The molecule has 1 aromatic carbocycles. The molecule has 2 unspecified atom stereocenters. The summed E-state index contributed by atoms with van der Waals surface area (Å²) in [5.41, 5.74) is 0.716. The van der Waals surface area contributed by atoms with Gasteiger partial charge in [-0.3, -0.25) is 14.4 Å². The van der Waals surface area contributed by atoms with Crippen LogP contribution in [0.5, 0.6) is 5.75 Å². The van der Waals surface area contributed by atoms with Gasteiger partial charge in [-0.15, -0.1) is 24.9 Å². The number of hydrogen-bond acceptors (Lipinski definition) is 6. The molecule has 3 amide bonds. The van der Waals surface area contributed by atoms with Crippen LogP contribution in [-0.2, 0) is 14.4 Å². The number of unbranched alkanes of at least 4 members (excludes halogenated alkanes) is 2. The molecule has 0 aliphatic carbocycles. The molecule has 1 spiro atoms. The van der Waals surface area contributed by atoms with Gasteiger partial charge in [0.15, 0.2) is 0 Å². The number of carbonyl (C=O) groups is 3. The van der Waals surface area contributed by atoms with Gasteiger partial charge >= 0.3 is 0 Å². The van der Waals surface area contributed by atoms with Crippen LogP contribution >= 0.6 is 11.8 Å². The van der Waals surface area contributed by atoms with Crippen molar-refractivity contribution < 1.29 is 24.2 Å². The molecule has 3 fully saturated rings. The molecule has 43 heavy (non-hydrogen) atoms. The second-order valence-electron chi connectivity index (χ2n) is 12.2. The highest BCUT2D eigenvalue weighted by Gasteiger charge is 2.74. The van der Waals surface area contributed by atoms with Crippen molar-refractivity contribution in [2.45, 2.75) is 81.9 Å². The number of anilines is 1. The van der Waals surface area contributed by atoms with Crippen molar-refractivity contribution in [1.29, 1.82) is 0 Å². The number of amides is 3. The van der Waals surface area contributed by atoms with Crippen molar-refractivity contribution in [3.05, 3.63) is 49.6 Å². The van der Waals surface area contributed by atoms with Crippen LogP contribution in [0, 0.1) is 17.8 Å². The highest BCUT2D eigenvalue weighted by Crippen LogP contribution is 2.67. The third kappa shape index (κ3) is 6.12. The molecule has 236 valence electrons. The summed E-state index contributed by atoms with van der Waals surface area (Å²) in [6, 6.07) is 6.16. The van der Waals surface area contributed by atoms with E-state index in [1.165, 1.54) is 0 Å². The molecule has 0 saturated carbocycles. The smallest absolute Gasteiger partial charge is 0.247 e. The minimum atomic E-state index is -0.739.